The van der Waals surface area contributed by atoms with E-state index < -0.39 is 11.3 Å². The van der Waals surface area contributed by atoms with E-state index in [0.717, 1.165) is 0 Å². The van der Waals surface area contributed by atoms with Gasteiger partial charge in [-0.15, -0.1) is 11.6 Å². The first kappa shape index (κ1) is 8.23. The van der Waals surface area contributed by atoms with Crippen LogP contribution in [0.15, 0.2) is 0 Å². The van der Waals surface area contributed by atoms with Gasteiger partial charge in [0.05, 0.1) is 0 Å². The van der Waals surface area contributed by atoms with E-state index in [-0.39, 0.29) is 0 Å². The summed E-state index contributed by atoms with van der Waals surface area (Å²) in [5.74, 6) is -0.427. The number of halogens is 1. The maximum Gasteiger partial charge on any atom is 0.256 e. The minimum absolute atomic E-state index is 0.358. The Balaban J connectivity index is 3.38. The molecule has 0 saturated heterocycles. The van der Waals surface area contributed by atoms with Gasteiger partial charge in [0.25, 0.3) is 5.91 Å². The van der Waals surface area contributed by atoms with E-state index >= 15 is 0 Å². The molecule has 9 heavy (non-hydrogen) atoms. The summed E-state index contributed by atoms with van der Waals surface area (Å²) in [6.45, 7) is 1.50. The zero-order valence-electron chi connectivity index (χ0n) is 4.85. The number of rotatable bonds is 3. The molecule has 5 heteroatoms. The number of nitrogens with one attached hydrogen (secondary N) is 2. The van der Waals surface area contributed by atoms with Gasteiger partial charge in [-0.05, 0) is 6.92 Å². The molecule has 52 valence electrons. The summed E-state index contributed by atoms with van der Waals surface area (Å²) >= 11 is 5.30. The maximum atomic E-state index is 10.4. The topological polar surface area (TPSA) is 58.2 Å². The number of carbonyl (C=O) groups excluding carboxylic acids is 2. The summed E-state index contributed by atoms with van der Waals surface area (Å²) in [7, 11) is 0. The van der Waals surface area contributed by atoms with Crippen LogP contribution in [-0.2, 0) is 9.59 Å². The molecular formula is C4H7ClN2O2. The van der Waals surface area contributed by atoms with Crippen molar-refractivity contribution in [3.05, 3.63) is 0 Å². The van der Waals surface area contributed by atoms with Crippen LogP contribution < -0.4 is 10.9 Å². The van der Waals surface area contributed by atoms with Gasteiger partial charge in [0, 0.05) is 0 Å². The minimum Gasteiger partial charge on any atom is -0.277 e. The van der Waals surface area contributed by atoms with Gasteiger partial charge >= 0.3 is 0 Å². The molecule has 0 aliphatic rings. The second-order valence-electron chi connectivity index (χ2n) is 1.37. The summed E-state index contributed by atoms with van der Waals surface area (Å²) in [5.41, 5.74) is 4.01. The molecule has 0 aromatic rings. The third-order valence-electron chi connectivity index (χ3n) is 0.616. The van der Waals surface area contributed by atoms with Crippen molar-refractivity contribution in [3.8, 4) is 0 Å². The lowest BCUT2D eigenvalue weighted by atomic mass is 10.5. The van der Waals surface area contributed by atoms with Crippen LogP contribution in [0.4, 0.5) is 0 Å². The third kappa shape index (κ3) is 3.78. The zero-order chi connectivity index (χ0) is 7.28. The van der Waals surface area contributed by atoms with Gasteiger partial charge in [0.1, 0.15) is 5.38 Å². The molecule has 0 bridgehead atoms. The summed E-state index contributed by atoms with van der Waals surface area (Å²) in [4.78, 5) is 20.0. The highest BCUT2D eigenvalue weighted by Gasteiger charge is 2.05. The molecule has 0 aromatic heterocycles. The second kappa shape index (κ2) is 4.14. The van der Waals surface area contributed by atoms with Gasteiger partial charge in [-0.1, -0.05) is 0 Å². The zero-order valence-corrected chi connectivity index (χ0v) is 5.61. The van der Waals surface area contributed by atoms with Gasteiger partial charge in [0.15, 0.2) is 0 Å². The smallest absolute Gasteiger partial charge is 0.256 e. The monoisotopic (exact) mass is 150 g/mol. The summed E-state index contributed by atoms with van der Waals surface area (Å²) in [5, 5.41) is -0.627. The standard InChI is InChI=1S/C4H7ClN2O2/c1-3(5)4(9)7-6-2-8/h2-3H,1H3,(H,6,8)(H,7,9)/t3-/m0/s1. The van der Waals surface area contributed by atoms with Crippen molar-refractivity contribution in [2.24, 2.45) is 0 Å². The largest absolute Gasteiger partial charge is 0.277 e. The highest BCUT2D eigenvalue weighted by Crippen LogP contribution is 1.89. The lowest BCUT2D eigenvalue weighted by molar-refractivity contribution is -0.124. The molecule has 2 amide bonds. The van der Waals surface area contributed by atoms with Crippen LogP contribution in [0.2, 0.25) is 0 Å². The van der Waals surface area contributed by atoms with E-state index in [0.29, 0.717) is 6.41 Å². The predicted octanol–water partition coefficient (Wildman–Crippen LogP) is -0.609. The minimum atomic E-state index is -0.627. The normalized spacial score (nSPS) is 11.8. The first-order valence-corrected chi connectivity index (χ1v) is 2.75. The number of amides is 2. The average Bonchev–Trinajstić information content (AvgIpc) is 1.82. The molecule has 0 aromatic carbocycles. The lowest BCUT2D eigenvalue weighted by Crippen LogP contribution is -2.39. The SMILES string of the molecule is C[C@H](Cl)C(=O)NNC=O. The Kier molecular flexibility index (Phi) is 3.79. The van der Waals surface area contributed by atoms with Crippen molar-refractivity contribution in [3.63, 3.8) is 0 Å². The number of alkyl halides is 1. The summed E-state index contributed by atoms with van der Waals surface area (Å²) in [6, 6.07) is 0. The quantitative estimate of drug-likeness (QED) is 0.320. The predicted molar refractivity (Wildman–Crippen MR) is 32.7 cm³/mol. The van der Waals surface area contributed by atoms with Crippen LogP contribution in [0.5, 0.6) is 0 Å². The Morgan fingerprint density at radius 2 is 2.33 bits per heavy atom. The maximum absolute atomic E-state index is 10.4. The highest BCUT2D eigenvalue weighted by molar-refractivity contribution is 6.30. The molecule has 0 heterocycles. The van der Waals surface area contributed by atoms with Crippen molar-refractivity contribution < 1.29 is 9.59 Å². The van der Waals surface area contributed by atoms with E-state index in [1.54, 1.807) is 0 Å². The fourth-order valence-corrected chi connectivity index (χ4v) is 0.255. The molecule has 0 aliphatic carbocycles. The Labute approximate surface area is 57.5 Å². The van der Waals surface area contributed by atoms with Crippen molar-refractivity contribution >= 4 is 23.9 Å². The average molecular weight is 151 g/mol. The van der Waals surface area contributed by atoms with Crippen molar-refractivity contribution in [1.29, 1.82) is 0 Å². The Hall–Kier alpha value is -0.770. The molecule has 2 N–H and O–H groups in total. The van der Waals surface area contributed by atoms with Crippen molar-refractivity contribution in [2.45, 2.75) is 12.3 Å². The van der Waals surface area contributed by atoms with E-state index in [2.05, 4.69) is 0 Å². The van der Waals surface area contributed by atoms with Crippen LogP contribution in [0.3, 0.4) is 0 Å². The van der Waals surface area contributed by atoms with Gasteiger partial charge in [0.2, 0.25) is 6.41 Å². The molecule has 0 aliphatic heterocycles. The molecule has 0 saturated carbocycles. The first-order chi connectivity index (χ1) is 4.18. The summed E-state index contributed by atoms with van der Waals surface area (Å²) < 4.78 is 0. The molecule has 4 nitrogen and oxygen atoms in total. The Morgan fingerprint density at radius 1 is 1.78 bits per heavy atom. The van der Waals surface area contributed by atoms with Crippen LogP contribution in [0.1, 0.15) is 6.92 Å². The molecule has 0 spiro atoms. The number of hydrazine groups is 1. The first-order valence-electron chi connectivity index (χ1n) is 2.31. The second-order valence-corrected chi connectivity index (χ2v) is 2.02. The van der Waals surface area contributed by atoms with Crippen molar-refractivity contribution in [2.75, 3.05) is 0 Å². The Morgan fingerprint density at radius 3 is 2.67 bits per heavy atom. The molecule has 0 unspecified atom stereocenters. The lowest BCUT2D eigenvalue weighted by Gasteiger charge is -2.01. The van der Waals surface area contributed by atoms with E-state index in [1.807, 2.05) is 10.9 Å². The number of hydrogen-bond acceptors (Lipinski definition) is 2. The van der Waals surface area contributed by atoms with Crippen LogP contribution in [0, 0.1) is 0 Å². The van der Waals surface area contributed by atoms with E-state index in [4.69, 9.17) is 11.6 Å². The van der Waals surface area contributed by atoms with Crippen LogP contribution >= 0.6 is 11.6 Å². The van der Waals surface area contributed by atoms with Gasteiger partial charge < -0.3 is 0 Å². The van der Waals surface area contributed by atoms with Crippen molar-refractivity contribution in [1.82, 2.24) is 10.9 Å². The number of hydrogen-bond donors (Lipinski definition) is 2. The van der Waals surface area contributed by atoms with E-state index in [9.17, 15) is 9.59 Å². The molecule has 0 fully saturated rings. The fourth-order valence-electron chi connectivity index (χ4n) is 0.200. The van der Waals surface area contributed by atoms with Gasteiger partial charge in [-0.3, -0.25) is 20.4 Å². The van der Waals surface area contributed by atoms with Gasteiger partial charge in [-0.25, -0.2) is 0 Å². The van der Waals surface area contributed by atoms with Crippen LogP contribution in [0.25, 0.3) is 0 Å². The van der Waals surface area contributed by atoms with Crippen LogP contribution in [-0.4, -0.2) is 17.7 Å². The number of carbonyl (C=O) groups is 2. The molecular weight excluding hydrogens is 144 g/mol. The molecule has 0 radical (unpaired) electrons. The molecule has 1 atom stereocenters. The van der Waals surface area contributed by atoms with E-state index in [1.165, 1.54) is 6.92 Å². The van der Waals surface area contributed by atoms with Gasteiger partial charge in [-0.2, -0.15) is 0 Å². The Bertz CT molecular complexity index is 115. The molecule has 0 rings (SSSR count). The third-order valence-corrected chi connectivity index (χ3v) is 0.814. The fraction of sp³-hybridized carbons (Fsp3) is 0.500. The summed E-state index contributed by atoms with van der Waals surface area (Å²) in [6.07, 6.45) is 0.358. The highest BCUT2D eigenvalue weighted by atomic mass is 35.5.